The van der Waals surface area contributed by atoms with E-state index < -0.39 is 0 Å². The molecule has 16 bridgehead atoms. The minimum atomic E-state index is -0.0484. The van der Waals surface area contributed by atoms with Gasteiger partial charge < -0.3 is 82.9 Å². The van der Waals surface area contributed by atoms with Crippen LogP contribution >= 0.6 is 0 Å². The van der Waals surface area contributed by atoms with E-state index in [0.717, 1.165) is 289 Å². The number of nitrogens with two attached hydrogens (primary N) is 6. The normalized spacial score (nSPS) is 12.4. The molecule has 18 nitrogen and oxygen atoms in total. The van der Waals surface area contributed by atoms with Crippen LogP contribution in [0.3, 0.4) is 0 Å². The molecule has 0 aliphatic heterocycles. The second-order valence-electron chi connectivity index (χ2n) is 32.7. The first-order valence-electron chi connectivity index (χ1n) is 44.8. The number of benzene rings is 8. The van der Waals surface area contributed by atoms with Crippen LogP contribution in [0.4, 0.5) is 45.5 Å². The number of carbonyl (C=O) groups excluding carboxylic acids is 2. The summed E-state index contributed by atoms with van der Waals surface area (Å²) >= 11 is 0. The number of rotatable bonds is 45. The molecule has 0 saturated carbocycles. The highest BCUT2D eigenvalue weighted by molar-refractivity contribution is 5.92. The molecule has 0 fully saturated rings. The summed E-state index contributed by atoms with van der Waals surface area (Å²) in [5, 5.41) is 6.72. The highest BCUT2D eigenvalue weighted by atomic mass is 16.5. The van der Waals surface area contributed by atoms with Gasteiger partial charge in [0.05, 0.1) is 52.9 Å². The fourth-order valence-corrected chi connectivity index (χ4v) is 16.2. The first-order valence-corrected chi connectivity index (χ1v) is 44.8. The Labute approximate surface area is 704 Å². The van der Waals surface area contributed by atoms with Gasteiger partial charge in [-0.15, -0.1) is 0 Å². The predicted molar refractivity (Wildman–Crippen MR) is 487 cm³/mol. The van der Waals surface area contributed by atoms with Crippen molar-refractivity contribution in [1.29, 1.82) is 0 Å². The van der Waals surface area contributed by atoms with Crippen LogP contribution in [0.1, 0.15) is 311 Å². The Kier molecular flexibility index (Phi) is 35.9. The first-order chi connectivity index (χ1) is 57.4. The molecule has 118 heavy (non-hydrogen) atoms. The van der Waals surface area contributed by atoms with Gasteiger partial charge in [0.1, 0.15) is 46.0 Å². The Balaban J connectivity index is 0.847. The number of fused-ring (bicyclic) bond motifs is 16. The van der Waals surface area contributed by atoms with Crippen molar-refractivity contribution < 1.29 is 47.5 Å². The van der Waals surface area contributed by atoms with E-state index in [2.05, 4.69) is 90.3 Å². The summed E-state index contributed by atoms with van der Waals surface area (Å²) in [5.74, 6) is 6.15. The summed E-state index contributed by atoms with van der Waals surface area (Å²) in [5.41, 5.74) is 61.5. The van der Waals surface area contributed by atoms with Crippen LogP contribution in [0.5, 0.6) is 46.0 Å². The monoisotopic (exact) mass is 1610 g/mol. The van der Waals surface area contributed by atoms with E-state index in [1.165, 1.54) is 0 Å². The molecule has 0 unspecified atom stereocenters. The Hall–Kier alpha value is -10.1. The van der Waals surface area contributed by atoms with E-state index in [4.69, 9.17) is 72.3 Å². The zero-order valence-corrected chi connectivity index (χ0v) is 72.5. The minimum Gasteiger partial charge on any atom is -0.493 e. The highest BCUT2D eigenvalue weighted by Gasteiger charge is 2.29. The van der Waals surface area contributed by atoms with Gasteiger partial charge in [0.2, 0.25) is 11.8 Å². The van der Waals surface area contributed by atoms with Gasteiger partial charge in [-0.05, 0) is 161 Å². The largest absolute Gasteiger partial charge is 0.493 e. The van der Waals surface area contributed by atoms with Crippen LogP contribution in [0.25, 0.3) is 0 Å². The fourth-order valence-electron chi connectivity index (χ4n) is 16.2. The van der Waals surface area contributed by atoms with Crippen LogP contribution in [0, 0.1) is 0 Å². The van der Waals surface area contributed by atoms with Crippen molar-refractivity contribution in [3.8, 4) is 46.0 Å². The molecule has 0 heterocycles. The second-order valence-corrected chi connectivity index (χ2v) is 32.7. The average molecular weight is 1610 g/mol. The number of hydrogen-bond donors (Lipinski definition) is 8. The van der Waals surface area contributed by atoms with E-state index in [1.807, 2.05) is 72.8 Å². The van der Waals surface area contributed by atoms with Gasteiger partial charge in [-0.2, -0.15) is 0 Å². The molecule has 2 aliphatic rings. The Morgan fingerprint density at radius 3 is 0.500 bits per heavy atom. The molecule has 14 N–H and O–H groups in total. The van der Waals surface area contributed by atoms with Crippen LogP contribution in [0.2, 0.25) is 0 Å². The number of anilines is 8. The Morgan fingerprint density at radius 1 is 0.220 bits per heavy atom. The van der Waals surface area contributed by atoms with E-state index in [1.54, 1.807) is 0 Å². The van der Waals surface area contributed by atoms with Gasteiger partial charge >= 0.3 is 0 Å². The minimum absolute atomic E-state index is 0.0484. The van der Waals surface area contributed by atoms with E-state index in [-0.39, 0.29) is 11.8 Å². The smallest absolute Gasteiger partial charge is 0.224 e. The highest BCUT2D eigenvalue weighted by Crippen LogP contribution is 2.46. The molecule has 638 valence electrons. The van der Waals surface area contributed by atoms with Crippen molar-refractivity contribution in [3.63, 3.8) is 0 Å². The summed E-state index contributed by atoms with van der Waals surface area (Å²) in [6.45, 7) is 21.6. The van der Waals surface area contributed by atoms with Crippen molar-refractivity contribution in [2.45, 2.75) is 274 Å². The maximum Gasteiger partial charge on any atom is 0.224 e. The molecule has 2 aliphatic carbocycles. The molecule has 2 amide bonds. The first kappa shape index (κ1) is 90.2. The van der Waals surface area contributed by atoms with Crippen molar-refractivity contribution >= 4 is 57.3 Å². The number of ether oxygens (including phenoxy) is 8. The number of amides is 2. The van der Waals surface area contributed by atoms with Crippen molar-refractivity contribution in [2.24, 2.45) is 0 Å². The van der Waals surface area contributed by atoms with Crippen molar-refractivity contribution in [3.05, 3.63) is 186 Å². The molecule has 8 aromatic rings. The van der Waals surface area contributed by atoms with Gasteiger partial charge in [0.15, 0.2) is 0 Å². The quantitative estimate of drug-likeness (QED) is 0.0130. The maximum absolute atomic E-state index is 14.3. The van der Waals surface area contributed by atoms with Gasteiger partial charge in [-0.1, -0.05) is 145 Å². The summed E-state index contributed by atoms with van der Waals surface area (Å²) in [6.07, 6.45) is 26.4. The number of unbranched alkanes of at least 4 members (excludes halogenated alkanes) is 15. The summed E-state index contributed by atoms with van der Waals surface area (Å²) < 4.78 is 55.1. The maximum atomic E-state index is 14.3. The topological polar surface area (TPSA) is 288 Å². The molecule has 18 heteroatoms. The molecular formula is C100H138N8O10. The van der Waals surface area contributed by atoms with Crippen molar-refractivity contribution in [1.82, 2.24) is 0 Å². The summed E-state index contributed by atoms with van der Waals surface area (Å²) in [6, 6.07) is 32.6. The SMILES string of the molecule is CCCCOc1c2cc(N)cc1Cc1cc(N)cc(c1OCCCC)Cc1cc(NC(=O)CCCCCCCCCCC(=O)Nc3cc4c(OCCCC)c(c3)Cc3cc(N)cc(c3OCCCC)Cc3cc(N)cc(c3OCCCC)Cc3cc(N)cc(c3OCCCC)C4)cc(c1OCCCC)Cc1cc(N)cc(c1OCCCC)C2. The van der Waals surface area contributed by atoms with Crippen molar-refractivity contribution in [2.75, 3.05) is 97.9 Å². The average Bonchev–Trinajstić information content (AvgIpc) is 0.774. The summed E-state index contributed by atoms with van der Waals surface area (Å²) in [4.78, 5) is 28.7. The lowest BCUT2D eigenvalue weighted by Gasteiger charge is -2.24. The van der Waals surface area contributed by atoms with E-state index >= 15 is 0 Å². The lowest BCUT2D eigenvalue weighted by molar-refractivity contribution is -0.117. The number of nitrogens with one attached hydrogen (secondary N) is 2. The van der Waals surface area contributed by atoms with E-state index in [9.17, 15) is 9.59 Å². The molecular weight excluding hydrogens is 1470 g/mol. The second kappa shape index (κ2) is 46.9. The molecule has 0 atom stereocenters. The number of nitrogen functional groups attached to an aromatic ring is 6. The number of carbonyl (C=O) groups is 2. The predicted octanol–water partition coefficient (Wildman–Crippen LogP) is 22.4. The van der Waals surface area contributed by atoms with Crippen LogP contribution in [0.15, 0.2) is 97.1 Å². The van der Waals surface area contributed by atoms with Gasteiger partial charge in [-0.25, -0.2) is 0 Å². The standard InChI is InChI=1S/C100H138N8O10/c1-9-17-35-111-93-67-43-71-55-85(103)59-75(95(71)113-37-19-11-3)47-79-63-89(64-80(99(79)117-41-23-15-7)48-76-60-86(104)56-72(96(76)114-38-20-12-4)44-68(93)52-83(101)51-67)107-91(109)33-31-29-27-25-26-28-30-32-34-92(110)108-90-65-81-49-77-61-87(105)57-73(97(77)115-39-21-13-5)45-69-53-84(102)54-70(94(69)112-36-18-10-2)46-74-58-88(106)62-78(98(74)116-40-22-14-6)50-82(66-90)100(81)118-42-24-16-8/h51-66H,9-50,101-106H2,1-8H3,(H,107,109)(H,108,110). The third kappa shape index (κ3) is 26.2. The van der Waals surface area contributed by atoms with Crippen LogP contribution in [-0.2, 0) is 61.0 Å². The van der Waals surface area contributed by atoms with Gasteiger partial charge in [0.25, 0.3) is 0 Å². The molecule has 0 spiro atoms. The lowest BCUT2D eigenvalue weighted by Crippen LogP contribution is -2.14. The van der Waals surface area contributed by atoms with Crippen LogP contribution in [-0.4, -0.2) is 64.7 Å². The zero-order valence-electron chi connectivity index (χ0n) is 72.5. The lowest BCUT2D eigenvalue weighted by atomic mass is 9.90. The molecule has 8 aromatic carbocycles. The Bertz CT molecular complexity index is 4080. The third-order valence-electron chi connectivity index (χ3n) is 22.2. The summed E-state index contributed by atoms with van der Waals surface area (Å²) in [7, 11) is 0. The Morgan fingerprint density at radius 2 is 0.356 bits per heavy atom. The molecule has 0 aromatic heterocycles. The molecule has 0 saturated heterocycles. The fraction of sp³-hybridized carbons (Fsp3) is 0.500. The third-order valence-corrected chi connectivity index (χ3v) is 22.2. The zero-order chi connectivity index (χ0) is 83.7. The van der Waals surface area contributed by atoms with Gasteiger partial charge in [0, 0.05) is 199 Å². The van der Waals surface area contributed by atoms with Gasteiger partial charge in [-0.3, -0.25) is 9.59 Å². The molecule has 10 rings (SSSR count). The number of hydrogen-bond acceptors (Lipinski definition) is 16. The van der Waals surface area contributed by atoms with E-state index in [0.29, 0.717) is 163 Å². The molecule has 0 radical (unpaired) electrons. The van der Waals surface area contributed by atoms with Crippen LogP contribution < -0.4 is 82.9 Å².